The van der Waals surface area contributed by atoms with Crippen molar-refractivity contribution < 1.29 is 8.78 Å². The zero-order chi connectivity index (χ0) is 20.2. The van der Waals surface area contributed by atoms with Crippen molar-refractivity contribution in [3.63, 3.8) is 0 Å². The highest BCUT2D eigenvalue weighted by atomic mass is 19.1. The van der Waals surface area contributed by atoms with Gasteiger partial charge in [0.25, 0.3) is 0 Å². The number of pyridine rings is 3. The van der Waals surface area contributed by atoms with E-state index >= 15 is 0 Å². The Balaban J connectivity index is 1.70. The maximum atomic E-state index is 14.5. The number of hydrogen-bond donors (Lipinski definition) is 0. The number of nitrogens with zero attached hydrogens (tertiary/aromatic N) is 4. The molecule has 4 nitrogen and oxygen atoms in total. The van der Waals surface area contributed by atoms with Crippen LogP contribution in [0.2, 0.25) is 0 Å². The van der Waals surface area contributed by atoms with Gasteiger partial charge in [0.2, 0.25) is 0 Å². The summed E-state index contributed by atoms with van der Waals surface area (Å²) in [6.07, 6.45) is 1.50. The van der Waals surface area contributed by atoms with Crippen LogP contribution in [0.1, 0.15) is 16.8 Å². The van der Waals surface area contributed by atoms with Crippen LogP contribution in [0, 0.1) is 23.0 Å². The molecule has 3 aromatic heterocycles. The van der Waals surface area contributed by atoms with Gasteiger partial charge in [-0.1, -0.05) is 42.5 Å². The summed E-state index contributed by atoms with van der Waals surface area (Å²) in [5, 5.41) is 8.97. The third-order valence-electron chi connectivity index (χ3n) is 4.37. The molecule has 0 aliphatic carbocycles. The molecule has 1 aromatic carbocycles. The smallest absolute Gasteiger partial charge is 0.171 e. The fourth-order valence-corrected chi connectivity index (χ4v) is 2.98. The second-order valence-electron chi connectivity index (χ2n) is 6.34. The minimum atomic E-state index is -1.03. The number of hydrogen-bond acceptors (Lipinski definition) is 4. The molecule has 0 radical (unpaired) electrons. The Hall–Kier alpha value is -3.98. The van der Waals surface area contributed by atoms with Crippen LogP contribution in [-0.4, -0.2) is 15.0 Å². The maximum Gasteiger partial charge on any atom is 0.171 e. The molecule has 0 atom stereocenters. The highest BCUT2D eigenvalue weighted by Crippen LogP contribution is 2.25. The van der Waals surface area contributed by atoms with E-state index in [0.29, 0.717) is 17.8 Å². The van der Waals surface area contributed by atoms with Crippen LogP contribution in [-0.2, 0) is 6.42 Å². The number of nitriles is 1. The van der Waals surface area contributed by atoms with E-state index in [2.05, 4.69) is 15.0 Å². The van der Waals surface area contributed by atoms with Crippen LogP contribution >= 0.6 is 0 Å². The quantitative estimate of drug-likeness (QED) is 0.500. The van der Waals surface area contributed by atoms with Crippen molar-refractivity contribution in [2.75, 3.05) is 0 Å². The standard InChI is InChI=1S/C23H14F2N4/c24-18-14-27-23(22(25)17(18)13-26)21-11-5-10-20(29-21)19-9-4-8-16(28-19)12-15-6-2-1-3-7-15/h1-11,14H,12H2. The summed E-state index contributed by atoms with van der Waals surface area (Å²) < 4.78 is 28.0. The van der Waals surface area contributed by atoms with Crippen LogP contribution in [0.25, 0.3) is 22.8 Å². The molecule has 29 heavy (non-hydrogen) atoms. The van der Waals surface area contributed by atoms with Gasteiger partial charge in [-0.2, -0.15) is 5.26 Å². The molecule has 0 unspecified atom stereocenters. The van der Waals surface area contributed by atoms with E-state index in [-0.39, 0.29) is 11.4 Å². The van der Waals surface area contributed by atoms with Crippen molar-refractivity contribution in [1.29, 1.82) is 5.26 Å². The van der Waals surface area contributed by atoms with Gasteiger partial charge in [0.15, 0.2) is 11.6 Å². The number of rotatable bonds is 4. The molecule has 0 saturated heterocycles. The first-order valence-corrected chi connectivity index (χ1v) is 8.87. The molecule has 0 aliphatic rings. The normalized spacial score (nSPS) is 10.5. The van der Waals surface area contributed by atoms with Crippen molar-refractivity contribution in [2.24, 2.45) is 0 Å². The van der Waals surface area contributed by atoms with Gasteiger partial charge in [-0.25, -0.2) is 18.7 Å². The second kappa shape index (κ2) is 7.95. The van der Waals surface area contributed by atoms with E-state index in [9.17, 15) is 8.78 Å². The van der Waals surface area contributed by atoms with Gasteiger partial charge in [0, 0.05) is 12.1 Å². The number of benzene rings is 1. The largest absolute Gasteiger partial charge is 0.251 e. The molecular weight excluding hydrogens is 370 g/mol. The van der Waals surface area contributed by atoms with Crippen LogP contribution in [0.3, 0.4) is 0 Å². The average Bonchev–Trinajstić information content (AvgIpc) is 2.75. The molecule has 0 bridgehead atoms. The SMILES string of the molecule is N#Cc1c(F)cnc(-c2cccc(-c3cccc(Cc4ccccc4)n3)n2)c1F. The predicted molar refractivity (Wildman–Crippen MR) is 105 cm³/mol. The Morgan fingerprint density at radius 2 is 1.48 bits per heavy atom. The van der Waals surface area contributed by atoms with Crippen LogP contribution in [0.15, 0.2) is 72.9 Å². The lowest BCUT2D eigenvalue weighted by atomic mass is 10.1. The van der Waals surface area contributed by atoms with Gasteiger partial charge in [0.05, 0.1) is 23.3 Å². The number of aromatic nitrogens is 3. The first-order valence-electron chi connectivity index (χ1n) is 8.87. The Morgan fingerprint density at radius 3 is 2.24 bits per heavy atom. The van der Waals surface area contributed by atoms with Gasteiger partial charge in [-0.3, -0.25) is 4.98 Å². The molecule has 0 spiro atoms. The van der Waals surface area contributed by atoms with E-state index in [0.717, 1.165) is 17.5 Å². The summed E-state index contributed by atoms with van der Waals surface area (Å²) in [6.45, 7) is 0. The van der Waals surface area contributed by atoms with Gasteiger partial charge < -0.3 is 0 Å². The molecule has 0 saturated carbocycles. The summed E-state index contributed by atoms with van der Waals surface area (Å²) in [5.41, 5.74) is 2.52. The molecule has 6 heteroatoms. The topological polar surface area (TPSA) is 62.5 Å². The Bertz CT molecular complexity index is 1220. The zero-order valence-electron chi connectivity index (χ0n) is 15.2. The summed E-state index contributed by atoms with van der Waals surface area (Å²) in [7, 11) is 0. The Morgan fingerprint density at radius 1 is 0.793 bits per heavy atom. The molecular formula is C23H14F2N4. The fraction of sp³-hybridized carbons (Fsp3) is 0.0435. The summed E-state index contributed by atoms with van der Waals surface area (Å²) in [5.74, 6) is -2.02. The van der Waals surface area contributed by atoms with E-state index in [1.165, 1.54) is 6.07 Å². The monoisotopic (exact) mass is 384 g/mol. The van der Waals surface area contributed by atoms with E-state index in [4.69, 9.17) is 5.26 Å². The maximum absolute atomic E-state index is 14.5. The molecule has 0 N–H and O–H groups in total. The minimum Gasteiger partial charge on any atom is -0.251 e. The average molecular weight is 384 g/mol. The molecule has 0 fully saturated rings. The highest BCUT2D eigenvalue weighted by molar-refractivity contribution is 5.63. The predicted octanol–water partition coefficient (Wildman–Crippen LogP) is 4.95. The van der Waals surface area contributed by atoms with Crippen molar-refractivity contribution in [1.82, 2.24) is 15.0 Å². The lowest BCUT2D eigenvalue weighted by molar-refractivity contribution is 0.569. The Kier molecular flexibility index (Phi) is 5.04. The molecule has 140 valence electrons. The van der Waals surface area contributed by atoms with E-state index in [1.807, 2.05) is 48.5 Å². The fourth-order valence-electron chi connectivity index (χ4n) is 2.98. The van der Waals surface area contributed by atoms with E-state index in [1.54, 1.807) is 18.2 Å². The van der Waals surface area contributed by atoms with Crippen molar-refractivity contribution in [3.8, 4) is 28.8 Å². The third kappa shape index (κ3) is 3.85. The van der Waals surface area contributed by atoms with Crippen molar-refractivity contribution in [3.05, 3.63) is 101 Å². The van der Waals surface area contributed by atoms with Crippen LogP contribution < -0.4 is 0 Å². The Labute approximate surface area is 166 Å². The second-order valence-corrected chi connectivity index (χ2v) is 6.34. The van der Waals surface area contributed by atoms with Gasteiger partial charge in [0.1, 0.15) is 17.3 Å². The van der Waals surface area contributed by atoms with Gasteiger partial charge >= 0.3 is 0 Å². The van der Waals surface area contributed by atoms with Crippen LogP contribution in [0.5, 0.6) is 0 Å². The molecule has 4 rings (SSSR count). The summed E-state index contributed by atoms with van der Waals surface area (Å²) >= 11 is 0. The van der Waals surface area contributed by atoms with Gasteiger partial charge in [-0.05, 0) is 29.8 Å². The van der Waals surface area contributed by atoms with Crippen LogP contribution in [0.4, 0.5) is 8.78 Å². The first kappa shape index (κ1) is 18.4. The lowest BCUT2D eigenvalue weighted by Gasteiger charge is -2.08. The molecule has 4 aromatic rings. The number of halogens is 2. The highest BCUT2D eigenvalue weighted by Gasteiger charge is 2.17. The minimum absolute atomic E-state index is 0.176. The summed E-state index contributed by atoms with van der Waals surface area (Å²) in [6, 6.07) is 22.1. The third-order valence-corrected chi connectivity index (χ3v) is 4.37. The molecule has 3 heterocycles. The first-order chi connectivity index (χ1) is 14.2. The molecule has 0 amide bonds. The molecule has 0 aliphatic heterocycles. The zero-order valence-corrected chi connectivity index (χ0v) is 15.2. The lowest BCUT2D eigenvalue weighted by Crippen LogP contribution is -2.00. The van der Waals surface area contributed by atoms with Gasteiger partial charge in [-0.15, -0.1) is 0 Å². The van der Waals surface area contributed by atoms with Crippen molar-refractivity contribution in [2.45, 2.75) is 6.42 Å². The summed E-state index contributed by atoms with van der Waals surface area (Å²) in [4.78, 5) is 12.9. The van der Waals surface area contributed by atoms with Crippen molar-refractivity contribution >= 4 is 0 Å². The van der Waals surface area contributed by atoms with E-state index < -0.39 is 17.2 Å².